The van der Waals surface area contributed by atoms with Crippen LogP contribution >= 0.6 is 0 Å². The maximum Gasteiger partial charge on any atom is 0.235 e. The Hall–Kier alpha value is -2.15. The van der Waals surface area contributed by atoms with Gasteiger partial charge in [0, 0.05) is 6.07 Å². The molecular weight excluding hydrogens is 328 g/mol. The zero-order valence-electron chi connectivity index (χ0n) is 13.5. The topological polar surface area (TPSA) is 89.3 Å². The molecule has 1 atom stereocenters. The molecule has 24 heavy (non-hydrogen) atoms. The van der Waals surface area contributed by atoms with E-state index in [2.05, 4.69) is 16.5 Å². The second kappa shape index (κ2) is 6.76. The predicted molar refractivity (Wildman–Crippen MR) is 89.0 cm³/mol. The Kier molecular flexibility index (Phi) is 4.71. The zero-order chi connectivity index (χ0) is 17.2. The molecule has 1 aliphatic rings. The summed E-state index contributed by atoms with van der Waals surface area (Å²) in [6, 6.07) is 9.41. The van der Waals surface area contributed by atoms with Crippen LogP contribution in [-0.2, 0) is 26.8 Å². The summed E-state index contributed by atoms with van der Waals surface area (Å²) >= 11 is 0. The lowest BCUT2D eigenvalue weighted by atomic mass is 9.88. The number of carbonyl (C=O) groups excluding carboxylic acids is 1. The molecule has 1 aliphatic carbocycles. The minimum atomic E-state index is -3.58. The molecule has 0 saturated heterocycles. The molecule has 1 amide bonds. The number of nitrogens with zero attached hydrogens (tertiary/aromatic N) is 1. The van der Waals surface area contributed by atoms with Crippen LogP contribution < -0.4 is 5.32 Å². The summed E-state index contributed by atoms with van der Waals surface area (Å²) in [4.78, 5) is 12.2. The van der Waals surface area contributed by atoms with E-state index in [1.165, 1.54) is 5.56 Å². The highest BCUT2D eigenvalue weighted by atomic mass is 32.2. The van der Waals surface area contributed by atoms with Crippen molar-refractivity contribution in [2.45, 2.75) is 38.0 Å². The normalized spacial score (nSPS) is 17.3. The molecular formula is C17H20N2O4S. The number of fused-ring (bicyclic) bond motifs is 1. The first kappa shape index (κ1) is 16.7. The number of hydrogen-bond acceptors (Lipinski definition) is 5. The first-order valence-corrected chi connectivity index (χ1v) is 9.75. The molecule has 128 valence electrons. The summed E-state index contributed by atoms with van der Waals surface area (Å²) in [5.74, 6) is -0.767. The number of hydrogen-bond donors (Lipinski definition) is 1. The number of benzene rings is 1. The van der Waals surface area contributed by atoms with E-state index in [0.717, 1.165) is 24.8 Å². The molecule has 1 heterocycles. The second-order valence-corrected chi connectivity index (χ2v) is 8.24. The maximum absolute atomic E-state index is 12.2. The van der Waals surface area contributed by atoms with E-state index in [4.69, 9.17) is 4.52 Å². The van der Waals surface area contributed by atoms with Gasteiger partial charge in [-0.2, -0.15) is 0 Å². The summed E-state index contributed by atoms with van der Waals surface area (Å²) in [6.45, 7) is 1.69. The van der Waals surface area contributed by atoms with Gasteiger partial charge in [0.1, 0.15) is 11.5 Å². The van der Waals surface area contributed by atoms with Crippen LogP contribution in [0.4, 0.5) is 0 Å². The van der Waals surface area contributed by atoms with Crippen LogP contribution in [0.15, 0.2) is 34.9 Å². The summed E-state index contributed by atoms with van der Waals surface area (Å²) in [5.41, 5.74) is 2.62. The first-order chi connectivity index (χ1) is 11.4. The predicted octanol–water partition coefficient (Wildman–Crippen LogP) is 2.09. The third-order valence-corrected chi connectivity index (χ3v) is 5.54. The second-order valence-electron chi connectivity index (χ2n) is 6.17. The Balaban J connectivity index is 1.63. The summed E-state index contributed by atoms with van der Waals surface area (Å²) in [5, 5.41) is 6.53. The van der Waals surface area contributed by atoms with E-state index in [1.54, 1.807) is 13.0 Å². The molecule has 0 unspecified atom stereocenters. The van der Waals surface area contributed by atoms with Gasteiger partial charge >= 0.3 is 0 Å². The van der Waals surface area contributed by atoms with Gasteiger partial charge in [-0.05, 0) is 37.3 Å². The fraction of sp³-hybridized carbons (Fsp3) is 0.412. The molecule has 0 radical (unpaired) electrons. The average Bonchev–Trinajstić information content (AvgIpc) is 2.91. The van der Waals surface area contributed by atoms with E-state index in [0.29, 0.717) is 11.5 Å². The van der Waals surface area contributed by atoms with Crippen molar-refractivity contribution in [3.8, 4) is 0 Å². The largest absolute Gasteiger partial charge is 0.361 e. The fourth-order valence-electron chi connectivity index (χ4n) is 3.10. The fourth-order valence-corrected chi connectivity index (χ4v) is 4.27. The molecule has 6 nitrogen and oxygen atoms in total. The van der Waals surface area contributed by atoms with Crippen LogP contribution in [0.3, 0.4) is 0 Å². The highest BCUT2D eigenvalue weighted by molar-refractivity contribution is 7.91. The van der Waals surface area contributed by atoms with Gasteiger partial charge < -0.3 is 9.84 Å². The SMILES string of the molecule is Cc1cc(CS(=O)(=O)CC(=O)N[C@H]2CCCc3ccccc32)no1. The van der Waals surface area contributed by atoms with Crippen LogP contribution in [0, 0.1) is 6.92 Å². The van der Waals surface area contributed by atoms with Gasteiger partial charge in [0.05, 0.1) is 17.5 Å². The number of carbonyl (C=O) groups is 1. The molecule has 0 fully saturated rings. The van der Waals surface area contributed by atoms with Crippen LogP contribution in [-0.4, -0.2) is 25.2 Å². The highest BCUT2D eigenvalue weighted by Gasteiger charge is 2.24. The van der Waals surface area contributed by atoms with Crippen molar-refractivity contribution < 1.29 is 17.7 Å². The molecule has 0 spiro atoms. The van der Waals surface area contributed by atoms with Gasteiger partial charge in [-0.15, -0.1) is 0 Å². The van der Waals surface area contributed by atoms with E-state index >= 15 is 0 Å². The number of rotatable bonds is 5. The van der Waals surface area contributed by atoms with Gasteiger partial charge in [-0.1, -0.05) is 29.4 Å². The molecule has 0 aliphatic heterocycles. The van der Waals surface area contributed by atoms with Gasteiger partial charge in [0.15, 0.2) is 9.84 Å². The minimum absolute atomic E-state index is 0.119. The maximum atomic E-state index is 12.2. The van der Waals surface area contributed by atoms with Gasteiger partial charge in [0.2, 0.25) is 5.91 Å². The third-order valence-electron chi connectivity index (χ3n) is 4.10. The highest BCUT2D eigenvalue weighted by Crippen LogP contribution is 2.29. The van der Waals surface area contributed by atoms with Crippen molar-refractivity contribution in [1.82, 2.24) is 10.5 Å². The van der Waals surface area contributed by atoms with Crippen molar-refractivity contribution in [2.24, 2.45) is 0 Å². The van der Waals surface area contributed by atoms with Gasteiger partial charge in [0.25, 0.3) is 0 Å². The van der Waals surface area contributed by atoms with Crippen LogP contribution in [0.1, 0.15) is 41.5 Å². The van der Waals surface area contributed by atoms with Crippen LogP contribution in [0.2, 0.25) is 0 Å². The molecule has 0 bridgehead atoms. The lowest BCUT2D eigenvalue weighted by Crippen LogP contribution is -2.35. The number of amides is 1. The van der Waals surface area contributed by atoms with E-state index in [9.17, 15) is 13.2 Å². The number of nitrogens with one attached hydrogen (secondary N) is 1. The van der Waals surface area contributed by atoms with Crippen LogP contribution in [0.25, 0.3) is 0 Å². The van der Waals surface area contributed by atoms with E-state index in [-0.39, 0.29) is 11.8 Å². The molecule has 7 heteroatoms. The van der Waals surface area contributed by atoms with Crippen molar-refractivity contribution in [1.29, 1.82) is 0 Å². The molecule has 2 aromatic rings. The molecule has 0 saturated carbocycles. The number of sulfone groups is 1. The summed E-state index contributed by atoms with van der Waals surface area (Å²) in [7, 11) is -3.58. The molecule has 1 N–H and O–H groups in total. The Morgan fingerprint density at radius 1 is 1.38 bits per heavy atom. The van der Waals surface area contributed by atoms with Gasteiger partial charge in [-0.3, -0.25) is 4.79 Å². The summed E-state index contributed by atoms with van der Waals surface area (Å²) < 4.78 is 29.2. The van der Waals surface area contributed by atoms with Crippen molar-refractivity contribution in [3.63, 3.8) is 0 Å². The lowest BCUT2D eigenvalue weighted by Gasteiger charge is -2.26. The Morgan fingerprint density at radius 3 is 2.92 bits per heavy atom. The minimum Gasteiger partial charge on any atom is -0.361 e. The lowest BCUT2D eigenvalue weighted by molar-refractivity contribution is -0.119. The van der Waals surface area contributed by atoms with Gasteiger partial charge in [-0.25, -0.2) is 8.42 Å². The van der Waals surface area contributed by atoms with Crippen LogP contribution in [0.5, 0.6) is 0 Å². The number of aromatic nitrogens is 1. The van der Waals surface area contributed by atoms with E-state index in [1.807, 2.05) is 18.2 Å². The zero-order valence-corrected chi connectivity index (χ0v) is 14.3. The Morgan fingerprint density at radius 2 is 2.17 bits per heavy atom. The Bertz CT molecular complexity index is 842. The third kappa shape index (κ3) is 4.03. The van der Waals surface area contributed by atoms with E-state index < -0.39 is 21.5 Å². The summed E-state index contributed by atoms with van der Waals surface area (Å²) in [6.07, 6.45) is 2.80. The smallest absolute Gasteiger partial charge is 0.235 e. The van der Waals surface area contributed by atoms with Crippen molar-refractivity contribution in [3.05, 3.63) is 52.9 Å². The quantitative estimate of drug-likeness (QED) is 0.894. The van der Waals surface area contributed by atoms with Crippen molar-refractivity contribution >= 4 is 15.7 Å². The number of aryl methyl sites for hydroxylation is 2. The molecule has 1 aromatic carbocycles. The first-order valence-electron chi connectivity index (χ1n) is 7.93. The Labute approximate surface area is 141 Å². The average molecular weight is 348 g/mol. The molecule has 3 rings (SSSR count). The monoisotopic (exact) mass is 348 g/mol. The standard InChI is InChI=1S/C17H20N2O4S/c1-12-9-14(19-23-12)10-24(21,22)11-17(20)18-16-8-4-6-13-5-2-3-7-15(13)16/h2-3,5,7,9,16H,4,6,8,10-11H2,1H3,(H,18,20)/t16-/m0/s1. The van der Waals surface area contributed by atoms with Crippen molar-refractivity contribution in [2.75, 3.05) is 5.75 Å². The molecule has 1 aromatic heterocycles.